The number of aromatic carboxylic acids is 1. The minimum Gasteiger partial charge on any atom is -0.475 e. The first-order valence-electron chi connectivity index (χ1n) is 6.13. The molecule has 2 N–H and O–H groups in total. The molecule has 0 spiro atoms. The van der Waals surface area contributed by atoms with Crippen molar-refractivity contribution in [1.82, 2.24) is 15.1 Å². The maximum absolute atomic E-state index is 10.9. The van der Waals surface area contributed by atoms with Crippen molar-refractivity contribution in [2.45, 2.75) is 26.4 Å². The van der Waals surface area contributed by atoms with Crippen LogP contribution in [0.5, 0.6) is 0 Å². The highest BCUT2D eigenvalue weighted by atomic mass is 16.4. The van der Waals surface area contributed by atoms with Crippen LogP contribution < -0.4 is 5.32 Å². The normalized spacial score (nSPS) is 10.8. The van der Waals surface area contributed by atoms with Gasteiger partial charge in [0.05, 0.1) is 12.0 Å². The zero-order valence-electron chi connectivity index (χ0n) is 11.0. The van der Waals surface area contributed by atoms with E-state index in [2.05, 4.69) is 17.3 Å². The third-order valence-corrected chi connectivity index (χ3v) is 2.90. The minimum absolute atomic E-state index is 0.00518. The standard InChI is InChI=1S/C13H17N3O3/c1-3-11-10(8-16(2)15-11)7-14-6-9-4-5-19-12(9)13(17)18/h4-5,8,14H,3,6-7H2,1-2H3,(H,17,18). The molecule has 2 heterocycles. The zero-order chi connectivity index (χ0) is 13.8. The van der Waals surface area contributed by atoms with Gasteiger partial charge in [-0.05, 0) is 12.5 Å². The first-order chi connectivity index (χ1) is 9.11. The number of aromatic nitrogens is 2. The number of aryl methyl sites for hydroxylation is 2. The summed E-state index contributed by atoms with van der Waals surface area (Å²) in [6.45, 7) is 3.17. The van der Waals surface area contributed by atoms with E-state index < -0.39 is 5.97 Å². The summed E-state index contributed by atoms with van der Waals surface area (Å²) in [5.74, 6) is -1.05. The molecule has 0 fully saturated rings. The number of carboxylic acid groups (broad SMARTS) is 1. The van der Waals surface area contributed by atoms with Gasteiger partial charge in [0, 0.05) is 37.5 Å². The predicted molar refractivity (Wildman–Crippen MR) is 68.8 cm³/mol. The lowest BCUT2D eigenvalue weighted by Gasteiger charge is -2.03. The van der Waals surface area contributed by atoms with Crippen molar-refractivity contribution < 1.29 is 14.3 Å². The molecule has 6 heteroatoms. The molecule has 0 unspecified atom stereocenters. The highest BCUT2D eigenvalue weighted by Crippen LogP contribution is 2.11. The van der Waals surface area contributed by atoms with Gasteiger partial charge in [-0.25, -0.2) is 4.79 Å². The van der Waals surface area contributed by atoms with Gasteiger partial charge >= 0.3 is 5.97 Å². The quantitative estimate of drug-likeness (QED) is 0.826. The number of rotatable bonds is 6. The maximum atomic E-state index is 10.9. The van der Waals surface area contributed by atoms with E-state index in [9.17, 15) is 4.79 Å². The Morgan fingerprint density at radius 2 is 2.21 bits per heavy atom. The molecule has 0 bridgehead atoms. The first-order valence-corrected chi connectivity index (χ1v) is 6.13. The highest BCUT2D eigenvalue weighted by Gasteiger charge is 2.13. The Balaban J connectivity index is 1.96. The van der Waals surface area contributed by atoms with Crippen LogP contribution in [0, 0.1) is 0 Å². The summed E-state index contributed by atoms with van der Waals surface area (Å²) < 4.78 is 6.71. The van der Waals surface area contributed by atoms with E-state index in [1.54, 1.807) is 10.7 Å². The summed E-state index contributed by atoms with van der Waals surface area (Å²) >= 11 is 0. The van der Waals surface area contributed by atoms with Gasteiger partial charge in [-0.1, -0.05) is 6.92 Å². The summed E-state index contributed by atoms with van der Waals surface area (Å²) in [7, 11) is 1.89. The van der Waals surface area contributed by atoms with E-state index >= 15 is 0 Å². The molecular weight excluding hydrogens is 246 g/mol. The molecule has 0 aliphatic rings. The van der Waals surface area contributed by atoms with Crippen LogP contribution in [0.3, 0.4) is 0 Å². The van der Waals surface area contributed by atoms with E-state index in [-0.39, 0.29) is 5.76 Å². The first kappa shape index (κ1) is 13.4. The predicted octanol–water partition coefficient (Wildman–Crippen LogP) is 1.56. The Labute approximate surface area is 111 Å². The number of carboxylic acids is 1. The molecule has 19 heavy (non-hydrogen) atoms. The Morgan fingerprint density at radius 1 is 1.47 bits per heavy atom. The van der Waals surface area contributed by atoms with Crippen LogP contribution >= 0.6 is 0 Å². The lowest BCUT2D eigenvalue weighted by atomic mass is 10.2. The van der Waals surface area contributed by atoms with Crippen LogP contribution in [0.4, 0.5) is 0 Å². The van der Waals surface area contributed by atoms with Gasteiger partial charge in [0.1, 0.15) is 0 Å². The summed E-state index contributed by atoms with van der Waals surface area (Å²) in [6, 6.07) is 1.67. The maximum Gasteiger partial charge on any atom is 0.372 e. The lowest BCUT2D eigenvalue weighted by Crippen LogP contribution is -2.14. The van der Waals surface area contributed by atoms with E-state index in [1.807, 2.05) is 13.2 Å². The van der Waals surface area contributed by atoms with Gasteiger partial charge in [-0.2, -0.15) is 5.10 Å². The van der Waals surface area contributed by atoms with Gasteiger partial charge in [0.15, 0.2) is 0 Å². The smallest absolute Gasteiger partial charge is 0.372 e. The van der Waals surface area contributed by atoms with Crippen LogP contribution in [0.2, 0.25) is 0 Å². The molecule has 2 rings (SSSR count). The molecular formula is C13H17N3O3. The molecule has 0 radical (unpaired) electrons. The zero-order valence-corrected chi connectivity index (χ0v) is 11.0. The second-order valence-electron chi connectivity index (χ2n) is 4.31. The van der Waals surface area contributed by atoms with Gasteiger partial charge in [-0.3, -0.25) is 4.68 Å². The number of nitrogens with zero attached hydrogens (tertiary/aromatic N) is 2. The van der Waals surface area contributed by atoms with Gasteiger partial charge < -0.3 is 14.8 Å². The molecule has 0 aliphatic heterocycles. The number of nitrogens with one attached hydrogen (secondary N) is 1. The van der Waals surface area contributed by atoms with Crippen LogP contribution in [0.15, 0.2) is 22.9 Å². The Kier molecular flexibility index (Phi) is 4.01. The van der Waals surface area contributed by atoms with Gasteiger partial charge in [0.25, 0.3) is 0 Å². The Hall–Kier alpha value is -2.08. The SMILES string of the molecule is CCc1nn(C)cc1CNCc1ccoc1C(=O)O. The van der Waals surface area contributed by atoms with Crippen molar-refractivity contribution in [2.24, 2.45) is 7.05 Å². The van der Waals surface area contributed by atoms with E-state index in [0.717, 1.165) is 17.7 Å². The largest absolute Gasteiger partial charge is 0.475 e. The fourth-order valence-electron chi connectivity index (χ4n) is 2.02. The van der Waals surface area contributed by atoms with Gasteiger partial charge in [-0.15, -0.1) is 0 Å². The monoisotopic (exact) mass is 263 g/mol. The molecule has 6 nitrogen and oxygen atoms in total. The fraction of sp³-hybridized carbons (Fsp3) is 0.385. The van der Waals surface area contributed by atoms with E-state index in [0.29, 0.717) is 18.7 Å². The van der Waals surface area contributed by atoms with Crippen LogP contribution in [0.25, 0.3) is 0 Å². The summed E-state index contributed by atoms with van der Waals surface area (Å²) in [5, 5.41) is 16.5. The molecule has 0 saturated heterocycles. The number of hydrogen-bond donors (Lipinski definition) is 2. The molecule has 102 valence electrons. The highest BCUT2D eigenvalue weighted by molar-refractivity contribution is 5.86. The van der Waals surface area contributed by atoms with E-state index in [4.69, 9.17) is 9.52 Å². The third kappa shape index (κ3) is 3.03. The van der Waals surface area contributed by atoms with Crippen LogP contribution in [-0.4, -0.2) is 20.9 Å². The number of hydrogen-bond acceptors (Lipinski definition) is 4. The van der Waals surface area contributed by atoms with Crippen molar-refractivity contribution in [3.63, 3.8) is 0 Å². The van der Waals surface area contributed by atoms with Crippen molar-refractivity contribution in [3.05, 3.63) is 41.1 Å². The third-order valence-electron chi connectivity index (χ3n) is 2.90. The van der Waals surface area contributed by atoms with Crippen molar-refractivity contribution in [1.29, 1.82) is 0 Å². The number of furan rings is 1. The molecule has 2 aromatic rings. The second kappa shape index (κ2) is 5.71. The second-order valence-corrected chi connectivity index (χ2v) is 4.31. The van der Waals surface area contributed by atoms with E-state index in [1.165, 1.54) is 6.26 Å². The topological polar surface area (TPSA) is 80.3 Å². The van der Waals surface area contributed by atoms with Crippen LogP contribution in [-0.2, 0) is 26.6 Å². The summed E-state index contributed by atoms with van der Waals surface area (Å²) in [4.78, 5) is 10.9. The summed E-state index contributed by atoms with van der Waals surface area (Å²) in [6.07, 6.45) is 4.24. The molecule has 0 aliphatic carbocycles. The Bertz CT molecular complexity index is 571. The minimum atomic E-state index is -1.04. The summed E-state index contributed by atoms with van der Waals surface area (Å²) in [5.41, 5.74) is 2.83. The van der Waals surface area contributed by atoms with Crippen molar-refractivity contribution in [3.8, 4) is 0 Å². The molecule has 0 saturated carbocycles. The van der Waals surface area contributed by atoms with Crippen LogP contribution in [0.1, 0.15) is 34.3 Å². The van der Waals surface area contributed by atoms with Crippen molar-refractivity contribution >= 4 is 5.97 Å². The molecule has 0 amide bonds. The molecule has 0 aromatic carbocycles. The Morgan fingerprint density at radius 3 is 2.89 bits per heavy atom. The average molecular weight is 263 g/mol. The average Bonchev–Trinajstić information content (AvgIpc) is 2.96. The molecule has 0 atom stereocenters. The number of carbonyl (C=O) groups is 1. The fourth-order valence-corrected chi connectivity index (χ4v) is 2.02. The molecule has 2 aromatic heterocycles. The lowest BCUT2D eigenvalue weighted by molar-refractivity contribution is 0.0660. The van der Waals surface area contributed by atoms with Crippen molar-refractivity contribution in [2.75, 3.05) is 0 Å². The van der Waals surface area contributed by atoms with Gasteiger partial charge in [0.2, 0.25) is 5.76 Å².